The first-order valence-electron chi connectivity index (χ1n) is 9.71. The van der Waals surface area contributed by atoms with Crippen molar-refractivity contribution in [2.24, 2.45) is 0 Å². The predicted octanol–water partition coefficient (Wildman–Crippen LogP) is 5.17. The highest BCUT2D eigenvalue weighted by Gasteiger charge is 2.34. The van der Waals surface area contributed by atoms with Crippen LogP contribution in [-0.2, 0) is 4.79 Å². The van der Waals surface area contributed by atoms with Gasteiger partial charge in [-0.25, -0.2) is 4.39 Å². The highest BCUT2D eigenvalue weighted by Crippen LogP contribution is 2.42. The van der Waals surface area contributed by atoms with Crippen LogP contribution in [-0.4, -0.2) is 24.7 Å². The molecule has 5 nitrogen and oxygen atoms in total. The summed E-state index contributed by atoms with van der Waals surface area (Å²) in [4.78, 5) is 26.8. The van der Waals surface area contributed by atoms with E-state index in [2.05, 4.69) is 5.32 Å². The molecule has 1 atom stereocenters. The van der Waals surface area contributed by atoms with Crippen LogP contribution in [0.1, 0.15) is 26.9 Å². The third-order valence-corrected chi connectivity index (χ3v) is 6.30. The number of methoxy groups -OCH3 is 1. The minimum absolute atomic E-state index is 0.0778. The number of nitrogens with one attached hydrogen (secondary N) is 1. The molecule has 1 saturated heterocycles. The summed E-state index contributed by atoms with van der Waals surface area (Å²) in [6, 6.07) is 19.0. The monoisotopic (exact) mass is 436 g/mol. The number of hydrogen-bond donors (Lipinski definition) is 1. The van der Waals surface area contributed by atoms with E-state index in [0.29, 0.717) is 34.0 Å². The number of nitrogens with zero attached hydrogens (tertiary/aromatic N) is 1. The zero-order valence-electron chi connectivity index (χ0n) is 17.1. The van der Waals surface area contributed by atoms with Crippen LogP contribution in [0.5, 0.6) is 5.75 Å². The molecule has 0 spiro atoms. The molecule has 1 aliphatic rings. The first-order valence-corrected chi connectivity index (χ1v) is 10.8. The molecule has 3 aromatic carbocycles. The van der Waals surface area contributed by atoms with Crippen LogP contribution in [0.4, 0.5) is 15.8 Å². The summed E-state index contributed by atoms with van der Waals surface area (Å²) in [5, 5.41) is 2.59. The zero-order valence-corrected chi connectivity index (χ0v) is 17.9. The van der Waals surface area contributed by atoms with Gasteiger partial charge in [-0.3, -0.25) is 14.5 Å². The minimum atomic E-state index is -0.346. The maximum atomic E-state index is 14.1. The van der Waals surface area contributed by atoms with Crippen molar-refractivity contribution in [3.05, 3.63) is 89.2 Å². The number of amides is 2. The number of carbonyl (C=O) groups excluding carboxylic acids is 2. The van der Waals surface area contributed by atoms with E-state index >= 15 is 0 Å². The number of hydrogen-bond acceptors (Lipinski definition) is 4. The Kier molecular flexibility index (Phi) is 5.95. The van der Waals surface area contributed by atoms with Crippen molar-refractivity contribution < 1.29 is 18.7 Å². The normalized spacial score (nSPS) is 15.8. The number of thioether (sulfide) groups is 1. The quantitative estimate of drug-likeness (QED) is 0.599. The Morgan fingerprint density at radius 3 is 2.61 bits per heavy atom. The molecule has 0 aliphatic carbocycles. The second kappa shape index (κ2) is 8.81. The molecule has 0 bridgehead atoms. The lowest BCUT2D eigenvalue weighted by Gasteiger charge is -2.25. The number of rotatable bonds is 5. The van der Waals surface area contributed by atoms with E-state index in [1.807, 2.05) is 18.2 Å². The van der Waals surface area contributed by atoms with Crippen LogP contribution in [0.2, 0.25) is 0 Å². The molecule has 1 unspecified atom stereocenters. The Bertz CT molecular complexity index is 1130. The highest BCUT2D eigenvalue weighted by molar-refractivity contribution is 8.00. The van der Waals surface area contributed by atoms with Crippen LogP contribution in [0.25, 0.3) is 0 Å². The molecule has 1 N–H and O–H groups in total. The van der Waals surface area contributed by atoms with Gasteiger partial charge in [-0.1, -0.05) is 18.2 Å². The third-order valence-electron chi connectivity index (χ3n) is 5.08. The summed E-state index contributed by atoms with van der Waals surface area (Å²) in [5.74, 6) is 0.316. The maximum absolute atomic E-state index is 14.1. The van der Waals surface area contributed by atoms with Gasteiger partial charge in [0.15, 0.2) is 0 Å². The maximum Gasteiger partial charge on any atom is 0.255 e. The van der Waals surface area contributed by atoms with E-state index in [0.717, 1.165) is 5.56 Å². The van der Waals surface area contributed by atoms with Gasteiger partial charge in [0.25, 0.3) is 5.91 Å². The molecule has 7 heteroatoms. The fourth-order valence-corrected chi connectivity index (χ4v) is 4.56. The molecular formula is C24H21FN2O3S. The van der Waals surface area contributed by atoms with Gasteiger partial charge in [-0.2, -0.15) is 0 Å². The fraction of sp³-hybridized carbons (Fsp3) is 0.167. The molecule has 31 heavy (non-hydrogen) atoms. The van der Waals surface area contributed by atoms with Gasteiger partial charge in [0, 0.05) is 16.9 Å². The van der Waals surface area contributed by atoms with Crippen molar-refractivity contribution in [2.75, 3.05) is 23.1 Å². The molecule has 4 rings (SSSR count). The number of aryl methyl sites for hydroxylation is 1. The second-order valence-corrected chi connectivity index (χ2v) is 8.24. The lowest BCUT2D eigenvalue weighted by Crippen LogP contribution is -2.28. The van der Waals surface area contributed by atoms with Crippen molar-refractivity contribution in [1.29, 1.82) is 0 Å². The average molecular weight is 437 g/mol. The largest absolute Gasteiger partial charge is 0.497 e. The minimum Gasteiger partial charge on any atom is -0.497 e. The Hall–Kier alpha value is -3.32. The van der Waals surface area contributed by atoms with Gasteiger partial charge >= 0.3 is 0 Å². The lowest BCUT2D eigenvalue weighted by molar-refractivity contribution is -0.115. The van der Waals surface area contributed by atoms with Crippen molar-refractivity contribution in [3.63, 3.8) is 0 Å². The van der Waals surface area contributed by atoms with Gasteiger partial charge in [-0.05, 0) is 66.6 Å². The van der Waals surface area contributed by atoms with Crippen molar-refractivity contribution >= 4 is 35.0 Å². The fourth-order valence-electron chi connectivity index (χ4n) is 3.40. The van der Waals surface area contributed by atoms with E-state index in [1.165, 1.54) is 17.8 Å². The van der Waals surface area contributed by atoms with E-state index in [-0.39, 0.29) is 23.0 Å². The summed E-state index contributed by atoms with van der Waals surface area (Å²) < 4.78 is 19.2. The van der Waals surface area contributed by atoms with Crippen LogP contribution in [0, 0.1) is 12.7 Å². The number of halogens is 1. The van der Waals surface area contributed by atoms with Crippen LogP contribution >= 0.6 is 11.8 Å². The van der Waals surface area contributed by atoms with E-state index < -0.39 is 0 Å². The first kappa shape index (κ1) is 20.9. The molecule has 1 heterocycles. The standard InChI is InChI=1S/C24H21FN2O3S/c1-15-6-9-19(13-21(15)25)27-22(28)14-31-24(27)17-4-3-5-18(12-17)26-23(29)16-7-10-20(30-2)11-8-16/h3-13,24H,14H2,1-2H3,(H,26,29). The summed E-state index contributed by atoms with van der Waals surface area (Å²) in [6.07, 6.45) is 0. The van der Waals surface area contributed by atoms with Gasteiger partial charge in [-0.15, -0.1) is 11.8 Å². The molecule has 158 valence electrons. The molecule has 0 aromatic heterocycles. The van der Waals surface area contributed by atoms with E-state index in [9.17, 15) is 14.0 Å². The number of benzene rings is 3. The van der Waals surface area contributed by atoms with Crippen molar-refractivity contribution in [3.8, 4) is 5.75 Å². The van der Waals surface area contributed by atoms with E-state index in [1.54, 1.807) is 61.4 Å². The third kappa shape index (κ3) is 4.41. The van der Waals surface area contributed by atoms with Gasteiger partial charge in [0.1, 0.15) is 16.9 Å². The molecule has 2 amide bonds. The van der Waals surface area contributed by atoms with Gasteiger partial charge in [0.2, 0.25) is 5.91 Å². The zero-order chi connectivity index (χ0) is 22.0. The van der Waals surface area contributed by atoms with Crippen molar-refractivity contribution in [2.45, 2.75) is 12.3 Å². The number of ether oxygens (including phenoxy) is 1. The van der Waals surface area contributed by atoms with Crippen LogP contribution in [0.3, 0.4) is 0 Å². The summed E-state index contributed by atoms with van der Waals surface area (Å²) in [7, 11) is 1.57. The van der Waals surface area contributed by atoms with Gasteiger partial charge < -0.3 is 10.1 Å². The Balaban J connectivity index is 1.57. The second-order valence-electron chi connectivity index (χ2n) is 7.17. The summed E-state index contributed by atoms with van der Waals surface area (Å²) in [5.41, 5.74) is 3.03. The summed E-state index contributed by atoms with van der Waals surface area (Å²) >= 11 is 1.47. The SMILES string of the molecule is COc1ccc(C(=O)Nc2cccc(C3SCC(=O)N3c3ccc(C)c(F)c3)c2)cc1. The number of carbonyl (C=O) groups is 2. The molecule has 0 saturated carbocycles. The molecule has 0 radical (unpaired) electrons. The molecular weight excluding hydrogens is 415 g/mol. The number of anilines is 2. The van der Waals surface area contributed by atoms with Gasteiger partial charge in [0.05, 0.1) is 12.9 Å². The molecule has 3 aromatic rings. The van der Waals surface area contributed by atoms with E-state index in [4.69, 9.17) is 4.74 Å². The smallest absolute Gasteiger partial charge is 0.255 e. The predicted molar refractivity (Wildman–Crippen MR) is 121 cm³/mol. The summed E-state index contributed by atoms with van der Waals surface area (Å²) in [6.45, 7) is 1.69. The lowest BCUT2D eigenvalue weighted by atomic mass is 10.1. The first-order chi connectivity index (χ1) is 15.0. The topological polar surface area (TPSA) is 58.6 Å². The average Bonchev–Trinajstić information content (AvgIpc) is 3.17. The Morgan fingerprint density at radius 2 is 1.90 bits per heavy atom. The molecule has 1 aliphatic heterocycles. The van der Waals surface area contributed by atoms with Crippen LogP contribution in [0.15, 0.2) is 66.7 Å². The highest BCUT2D eigenvalue weighted by atomic mass is 32.2. The van der Waals surface area contributed by atoms with Crippen molar-refractivity contribution in [1.82, 2.24) is 0 Å². The Morgan fingerprint density at radius 1 is 1.13 bits per heavy atom. The molecule has 1 fully saturated rings. The Labute approximate surface area is 184 Å². The van der Waals surface area contributed by atoms with Crippen LogP contribution < -0.4 is 15.0 Å².